The van der Waals surface area contributed by atoms with Crippen LogP contribution in [0.15, 0.2) is 70.5 Å². The molecule has 442 valence electrons. The van der Waals surface area contributed by atoms with Gasteiger partial charge < -0.3 is 59.5 Å². The zero-order chi connectivity index (χ0) is 58.0. The van der Waals surface area contributed by atoms with Gasteiger partial charge in [0.15, 0.2) is 23.1 Å². The second-order valence-corrected chi connectivity index (χ2v) is 24.0. The van der Waals surface area contributed by atoms with Crippen molar-refractivity contribution in [1.29, 1.82) is 0 Å². The van der Waals surface area contributed by atoms with Crippen LogP contribution in [0.4, 0.5) is 18.4 Å². The Kier molecular flexibility index (Phi) is 24.8. The number of amides is 4. The smallest absolute Gasteiger partial charge is 0.314 e. The summed E-state index contributed by atoms with van der Waals surface area (Å²) in [4.78, 5) is 27.7. The van der Waals surface area contributed by atoms with E-state index in [1.54, 1.807) is 0 Å². The van der Waals surface area contributed by atoms with Crippen LogP contribution in [0, 0.1) is 25.5 Å². The molecule has 0 heterocycles. The second-order valence-electron chi connectivity index (χ2n) is 19.6. The van der Waals surface area contributed by atoms with Crippen molar-refractivity contribution in [3.05, 3.63) is 116 Å². The van der Waals surface area contributed by atoms with E-state index in [4.69, 9.17) is 51.6 Å². The Morgan fingerprint density at radius 2 is 0.875 bits per heavy atom. The van der Waals surface area contributed by atoms with E-state index >= 15 is 8.78 Å². The number of unbranched alkanes of at least 4 members (excludes halogenated alkanes) is 1. The van der Waals surface area contributed by atoms with Crippen molar-refractivity contribution in [2.45, 2.75) is 73.6 Å². The number of carbonyl (C=O) groups excluding carboxylic acids is 2. The van der Waals surface area contributed by atoms with Gasteiger partial charge >= 0.3 is 12.1 Å². The fourth-order valence-corrected chi connectivity index (χ4v) is 11.8. The van der Waals surface area contributed by atoms with Gasteiger partial charge in [-0.1, -0.05) is 23.2 Å². The lowest BCUT2D eigenvalue weighted by Crippen LogP contribution is -2.39. The molecule has 6 rings (SSSR count). The Hall–Kier alpha value is -4.96. The summed E-state index contributed by atoms with van der Waals surface area (Å²) in [6.45, 7) is 6.44. The molecule has 26 heteroatoms. The summed E-state index contributed by atoms with van der Waals surface area (Å²) in [5.74, 6) is -1.75. The fourth-order valence-electron chi connectivity index (χ4n) is 9.22. The summed E-state index contributed by atoms with van der Waals surface area (Å²) in [5, 5.41) is 11.9. The molecule has 4 atom stereocenters. The van der Waals surface area contributed by atoms with Crippen molar-refractivity contribution in [2.24, 2.45) is 0 Å². The first-order valence-electron chi connectivity index (χ1n) is 26.3. The first kappa shape index (κ1) is 64.2. The number of urea groups is 2. The number of aryl methyl sites for hydroxylation is 2. The molecule has 2 aliphatic carbocycles. The van der Waals surface area contributed by atoms with Crippen molar-refractivity contribution in [3.8, 4) is 11.5 Å². The zero-order valence-electron chi connectivity index (χ0n) is 45.9. The minimum absolute atomic E-state index is 0.0464. The van der Waals surface area contributed by atoms with Crippen LogP contribution in [-0.4, -0.2) is 171 Å². The number of halogens is 4. The van der Waals surface area contributed by atoms with Crippen molar-refractivity contribution >= 4 is 55.3 Å². The summed E-state index contributed by atoms with van der Waals surface area (Å²) in [5.41, 5.74) is 6.02. The van der Waals surface area contributed by atoms with Gasteiger partial charge in [0.2, 0.25) is 20.0 Å². The van der Waals surface area contributed by atoms with Gasteiger partial charge in [0.25, 0.3) is 0 Å². The molecule has 4 amide bonds. The van der Waals surface area contributed by atoms with Gasteiger partial charge in [-0.3, -0.25) is 0 Å². The van der Waals surface area contributed by atoms with Crippen molar-refractivity contribution in [1.82, 2.24) is 40.5 Å². The van der Waals surface area contributed by atoms with Gasteiger partial charge in [-0.2, -0.15) is 0 Å². The van der Waals surface area contributed by atoms with E-state index < -0.39 is 43.9 Å². The monoisotopic (exact) mass is 1200 g/mol. The van der Waals surface area contributed by atoms with Crippen LogP contribution in [0.1, 0.15) is 58.4 Å². The molecule has 80 heavy (non-hydrogen) atoms. The number of sulfonamides is 2. The molecule has 4 aromatic rings. The maximum absolute atomic E-state index is 15.3. The van der Waals surface area contributed by atoms with Crippen LogP contribution in [0.25, 0.3) is 0 Å². The molecule has 0 bridgehead atoms. The van der Waals surface area contributed by atoms with E-state index in [0.29, 0.717) is 48.8 Å². The van der Waals surface area contributed by atoms with E-state index in [9.17, 15) is 26.4 Å². The molecule has 0 spiro atoms. The zero-order valence-corrected chi connectivity index (χ0v) is 49.1. The molecule has 0 aliphatic heterocycles. The highest BCUT2D eigenvalue weighted by molar-refractivity contribution is 7.89. The van der Waals surface area contributed by atoms with Crippen LogP contribution in [0.3, 0.4) is 0 Å². The van der Waals surface area contributed by atoms with E-state index in [-0.39, 0.29) is 124 Å². The maximum atomic E-state index is 15.3. The molecule has 20 nitrogen and oxygen atoms in total. The summed E-state index contributed by atoms with van der Waals surface area (Å²) >= 11 is 12.7. The van der Waals surface area contributed by atoms with Gasteiger partial charge in [-0.05, 0) is 162 Å². The molecule has 0 radical (unpaired) electrons. The van der Waals surface area contributed by atoms with Crippen molar-refractivity contribution < 1.29 is 63.6 Å². The molecule has 0 fully saturated rings. The Morgan fingerprint density at radius 3 is 1.23 bits per heavy atom. The highest BCUT2D eigenvalue weighted by Crippen LogP contribution is 2.42. The Balaban J connectivity index is 0.708. The number of carbonyl (C=O) groups is 2. The molecule has 2 aliphatic rings. The van der Waals surface area contributed by atoms with Gasteiger partial charge in [-0.25, -0.2) is 44.6 Å². The quantitative estimate of drug-likeness (QED) is 0.0310. The van der Waals surface area contributed by atoms with Crippen molar-refractivity contribution in [3.63, 3.8) is 0 Å². The Labute approximate surface area is 478 Å². The lowest BCUT2D eigenvalue weighted by atomic mass is 10.0. The highest BCUT2D eigenvalue weighted by atomic mass is 35.5. The highest BCUT2D eigenvalue weighted by Gasteiger charge is 2.39. The maximum Gasteiger partial charge on any atom is 0.314 e. The minimum atomic E-state index is -4.04. The molecular weight excluding hydrogens is 1130 g/mol. The van der Waals surface area contributed by atoms with Crippen LogP contribution in [0.2, 0.25) is 10.0 Å². The average molecular weight is 1200 g/mol. The number of rotatable bonds is 33. The summed E-state index contributed by atoms with van der Waals surface area (Å²) < 4.78 is 121. The predicted molar refractivity (Wildman–Crippen MR) is 300 cm³/mol. The van der Waals surface area contributed by atoms with Crippen LogP contribution >= 0.6 is 23.2 Å². The lowest BCUT2D eigenvalue weighted by molar-refractivity contribution is 0.0516. The molecule has 0 unspecified atom stereocenters. The van der Waals surface area contributed by atoms with E-state index in [2.05, 4.69) is 30.7 Å². The summed E-state index contributed by atoms with van der Waals surface area (Å²) in [7, 11) is -0.379. The molecule has 6 N–H and O–H groups in total. The minimum Gasteiger partial charge on any atom is -0.481 e. The van der Waals surface area contributed by atoms with E-state index in [1.807, 2.05) is 76.1 Å². The van der Waals surface area contributed by atoms with Gasteiger partial charge in [0.05, 0.1) is 74.7 Å². The predicted octanol–water partition coefficient (Wildman–Crippen LogP) is 5.80. The Bertz CT molecular complexity index is 2750. The van der Waals surface area contributed by atoms with Gasteiger partial charge in [0.1, 0.15) is 12.2 Å². The van der Waals surface area contributed by atoms with Crippen LogP contribution in [0.5, 0.6) is 11.5 Å². The number of ether oxygens (including phenoxy) is 6. The number of nitrogens with zero attached hydrogens (tertiary/aromatic N) is 2. The summed E-state index contributed by atoms with van der Waals surface area (Å²) in [6.07, 6.45) is 1.65. The third-order valence-corrected chi connectivity index (χ3v) is 16.8. The SMILES string of the molecule is Cc1cc(Cl)cc2c1C[C@H](N(C)C)[C@H]2Oc1ccc(S(=O)(=O)NCCOCCOCCNC(=O)NCCCCNC(=O)NCCOCCOCCNS(=O)(=O)c2ccc(O[C@H]3c4cc(Cl)cc(C)c4C[C@@H]3N(C)C)c(F)c2)cc1F. The largest absolute Gasteiger partial charge is 0.481 e. The van der Waals surface area contributed by atoms with Crippen LogP contribution in [-0.2, 0) is 51.8 Å². The Morgan fingerprint density at radius 1 is 0.525 bits per heavy atom. The second kappa shape index (κ2) is 30.9. The normalized spacial score (nSPS) is 16.9. The first-order chi connectivity index (χ1) is 38.1. The van der Waals surface area contributed by atoms with Gasteiger partial charge in [0, 0.05) is 49.3 Å². The number of nitrogens with one attached hydrogen (secondary N) is 6. The number of fused-ring (bicyclic) bond motifs is 2. The van der Waals surface area contributed by atoms with Gasteiger partial charge in [-0.15, -0.1) is 0 Å². The molecule has 4 aromatic carbocycles. The molecular formula is C54H74Cl2F2N8O12S2. The molecule has 0 aromatic heterocycles. The fraction of sp³-hybridized carbons (Fsp3) is 0.519. The first-order valence-corrected chi connectivity index (χ1v) is 30.0. The topological polar surface area (TPSA) is 236 Å². The molecule has 0 saturated heterocycles. The number of hydrogen-bond acceptors (Lipinski definition) is 14. The van der Waals surface area contributed by atoms with E-state index in [1.165, 1.54) is 24.3 Å². The summed E-state index contributed by atoms with van der Waals surface area (Å²) in [6, 6.07) is 13.6. The molecule has 0 saturated carbocycles. The number of likely N-dealkylation sites (N-methyl/N-ethyl adjacent to an activating group) is 2. The third-order valence-electron chi connectivity index (χ3n) is 13.4. The average Bonchev–Trinajstić information content (AvgIpc) is 4.03. The van der Waals surface area contributed by atoms with Crippen molar-refractivity contribution in [2.75, 3.05) is 120 Å². The number of hydrogen-bond donors (Lipinski definition) is 6. The number of benzene rings is 4. The lowest BCUT2D eigenvalue weighted by Gasteiger charge is -2.27. The standard InChI is InChI=1S/C54H74Cl2F2N8O12S2/c1-35-27-37(55)29-43-41(35)33-47(65(3)4)51(43)77-49-11-9-39(31-45(49)57)79(69,70)63-17-21-75-25-23-73-19-15-61-53(67)59-13-7-8-14-60-54(68)62-16-20-74-24-26-76-22-18-64-80(71,72)40-10-12-50(46(58)32-40)78-52-44-30-38(56)28-36(2)42(44)34-48(52)66(5)6/h9-12,27-32,47-48,51-52,63-64H,7-8,13-26,33-34H2,1-6H3,(H2,59,61,67)(H2,60,62,68)/t47-,48-,51-,52-/m0/s1. The third kappa shape index (κ3) is 18.8. The van der Waals surface area contributed by atoms with E-state index in [0.717, 1.165) is 45.5 Å². The van der Waals surface area contributed by atoms with Crippen LogP contribution < -0.4 is 40.2 Å².